The lowest BCUT2D eigenvalue weighted by atomic mass is 9.32. The summed E-state index contributed by atoms with van der Waals surface area (Å²) in [6, 6.07) is 22.1. The Labute approximate surface area is 303 Å². The number of ether oxygens (including phenoxy) is 2. The molecule has 1 heterocycles. The Balaban J connectivity index is 1.23. The molecule has 2 amide bonds. The number of carbonyl (C=O) groups excluding carboxylic acids is 2. The van der Waals surface area contributed by atoms with Crippen LogP contribution in [0.4, 0.5) is 5.69 Å². The van der Waals surface area contributed by atoms with Crippen molar-refractivity contribution in [3.8, 4) is 22.6 Å². The molecular weight excluding hydrogens is 641 g/mol. The van der Waals surface area contributed by atoms with Gasteiger partial charge in [0.2, 0.25) is 11.8 Å². The number of carbonyl (C=O) groups is 2. The van der Waals surface area contributed by atoms with Gasteiger partial charge in [0.05, 0.1) is 25.9 Å². The van der Waals surface area contributed by atoms with Gasteiger partial charge >= 0.3 is 7.69 Å². The fourth-order valence-electron chi connectivity index (χ4n) is 9.23. The van der Waals surface area contributed by atoms with Crippen molar-refractivity contribution < 1.29 is 28.4 Å². The zero-order chi connectivity index (χ0) is 36.6. The van der Waals surface area contributed by atoms with Crippen molar-refractivity contribution >= 4 is 25.2 Å². The van der Waals surface area contributed by atoms with Gasteiger partial charge in [-0.3, -0.25) is 9.59 Å². The van der Waals surface area contributed by atoms with Gasteiger partial charge in [-0.25, -0.2) is 0 Å². The molecule has 271 valence electrons. The van der Waals surface area contributed by atoms with Gasteiger partial charge < -0.3 is 34.7 Å². The largest absolute Gasteiger partial charge is 0.493 e. The number of amides is 2. The third-order valence-electron chi connectivity index (χ3n) is 12.1. The lowest BCUT2D eigenvalue weighted by Gasteiger charge is -2.75. The second kappa shape index (κ2) is 14.5. The van der Waals surface area contributed by atoms with Crippen molar-refractivity contribution in [3.63, 3.8) is 0 Å². The highest BCUT2D eigenvalue weighted by Crippen LogP contribution is 2.74. The molecule has 0 aromatic heterocycles. The minimum absolute atomic E-state index is 0.0447. The molecule has 3 aromatic carbocycles. The molecule has 1 aliphatic heterocycles. The number of methoxy groups -OCH3 is 2. The van der Waals surface area contributed by atoms with Crippen LogP contribution in [-0.2, 0) is 25.3 Å². The highest BCUT2D eigenvalue weighted by Gasteiger charge is 2.77. The Morgan fingerprint density at radius 2 is 1.61 bits per heavy atom. The normalized spacial score (nSPS) is 26.1. The van der Waals surface area contributed by atoms with Gasteiger partial charge in [0.15, 0.2) is 11.5 Å². The molecule has 0 spiro atoms. The van der Waals surface area contributed by atoms with E-state index in [2.05, 4.69) is 62.7 Å². The first-order valence-electron chi connectivity index (χ1n) is 18.2. The summed E-state index contributed by atoms with van der Waals surface area (Å²) < 4.78 is 23.3. The van der Waals surface area contributed by atoms with Crippen LogP contribution >= 0.6 is 0 Å². The summed E-state index contributed by atoms with van der Waals surface area (Å²) >= 11 is 0. The zero-order valence-electron chi connectivity index (χ0n) is 31.2. The number of anilines is 1. The fraction of sp³-hybridized carbons (Fsp3) is 0.512. The van der Waals surface area contributed by atoms with E-state index in [-0.39, 0.29) is 34.8 Å². The van der Waals surface area contributed by atoms with E-state index in [9.17, 15) is 9.59 Å². The molecule has 51 heavy (non-hydrogen) atoms. The molecule has 3 aliphatic carbocycles. The fourth-order valence-corrected chi connectivity index (χ4v) is 9.23. The third-order valence-corrected chi connectivity index (χ3v) is 12.1. The predicted octanol–water partition coefficient (Wildman–Crippen LogP) is 6.57. The maximum Gasteiger partial charge on any atom is 0.488 e. The molecule has 4 fully saturated rings. The topological polar surface area (TPSA) is 107 Å². The summed E-state index contributed by atoms with van der Waals surface area (Å²) in [5.74, 6) is 1.51. The van der Waals surface area contributed by atoms with Gasteiger partial charge in [0, 0.05) is 23.6 Å². The van der Waals surface area contributed by atoms with Crippen LogP contribution in [0.25, 0.3) is 11.1 Å². The van der Waals surface area contributed by atoms with Gasteiger partial charge in [0.25, 0.3) is 0 Å². The lowest BCUT2D eigenvalue weighted by molar-refractivity contribution is -0.289. The highest BCUT2D eigenvalue weighted by molar-refractivity contribution is 6.19. The van der Waals surface area contributed by atoms with Crippen LogP contribution in [0, 0.1) is 22.7 Å². The van der Waals surface area contributed by atoms with Crippen LogP contribution in [0.1, 0.15) is 66.4 Å². The Kier molecular flexibility index (Phi) is 10.5. The van der Waals surface area contributed by atoms with Crippen LogP contribution in [0.5, 0.6) is 11.5 Å². The summed E-state index contributed by atoms with van der Waals surface area (Å²) in [7, 11) is 4.69. The van der Waals surface area contributed by atoms with E-state index in [0.29, 0.717) is 29.8 Å². The molecule has 3 aromatic rings. The van der Waals surface area contributed by atoms with Crippen LogP contribution in [0.3, 0.4) is 0 Å². The minimum atomic E-state index is -0.785. The van der Waals surface area contributed by atoms with Gasteiger partial charge in [0.1, 0.15) is 12.1 Å². The second-order valence-corrected chi connectivity index (χ2v) is 15.7. The van der Waals surface area contributed by atoms with E-state index in [1.54, 1.807) is 21.1 Å². The van der Waals surface area contributed by atoms with Crippen LogP contribution in [0.15, 0.2) is 72.8 Å². The Morgan fingerprint density at radius 3 is 2.29 bits per heavy atom. The van der Waals surface area contributed by atoms with Gasteiger partial charge in [-0.2, -0.15) is 0 Å². The zero-order valence-corrected chi connectivity index (χ0v) is 31.2. The number of benzene rings is 3. The average Bonchev–Trinajstić information content (AvgIpc) is 3.52. The first-order chi connectivity index (χ1) is 24.3. The van der Waals surface area contributed by atoms with Crippen molar-refractivity contribution in [1.82, 2.24) is 10.6 Å². The third kappa shape index (κ3) is 6.73. The van der Waals surface area contributed by atoms with Crippen molar-refractivity contribution in [1.29, 1.82) is 0 Å². The van der Waals surface area contributed by atoms with Crippen LogP contribution in [-0.4, -0.2) is 63.5 Å². The quantitative estimate of drug-likeness (QED) is 0.164. The molecule has 9 nitrogen and oxygen atoms in total. The maximum absolute atomic E-state index is 14.2. The number of hydrogen-bond acceptors (Lipinski definition) is 7. The van der Waals surface area contributed by atoms with E-state index in [1.165, 1.54) is 7.69 Å². The predicted molar refractivity (Wildman–Crippen MR) is 201 cm³/mol. The summed E-state index contributed by atoms with van der Waals surface area (Å²) in [5, 5.41) is 9.95. The van der Waals surface area contributed by atoms with Crippen molar-refractivity contribution in [2.45, 2.75) is 97.1 Å². The van der Waals surface area contributed by atoms with Crippen molar-refractivity contribution in [2.75, 3.05) is 19.5 Å². The first-order valence-corrected chi connectivity index (χ1v) is 18.2. The Bertz CT molecular complexity index is 1720. The molecule has 1 saturated heterocycles. The molecule has 4 aliphatic rings. The SMILES string of the molecule is COc1ccc(C[C@H](Nc2cccc(-c3ccccc3)c2)C(=O)N[C@@H](C)C(=O)N[C@H](CC(C)C)[C@@]23C[C@@H](C[C@H]4O[B]O[C@]42C)C3(C)C)cc1OC. The van der Waals surface area contributed by atoms with Crippen molar-refractivity contribution in [2.24, 2.45) is 22.7 Å². The maximum atomic E-state index is 14.2. The smallest absolute Gasteiger partial charge is 0.488 e. The monoisotopic (exact) mass is 694 g/mol. The van der Waals surface area contributed by atoms with E-state index in [0.717, 1.165) is 41.6 Å². The highest BCUT2D eigenvalue weighted by atomic mass is 16.6. The summed E-state index contributed by atoms with van der Waals surface area (Å²) in [4.78, 5) is 28.3. The summed E-state index contributed by atoms with van der Waals surface area (Å²) in [6.45, 7) is 12.9. The van der Waals surface area contributed by atoms with Crippen LogP contribution in [0.2, 0.25) is 0 Å². The molecule has 0 unspecified atom stereocenters. The molecule has 2 bridgehead atoms. The first kappa shape index (κ1) is 36.8. The van der Waals surface area contributed by atoms with Gasteiger partial charge in [-0.15, -0.1) is 0 Å². The molecule has 1 radical (unpaired) electrons. The summed E-state index contributed by atoms with van der Waals surface area (Å²) in [6.07, 6.45) is 2.99. The minimum Gasteiger partial charge on any atom is -0.493 e. The average molecular weight is 695 g/mol. The van der Waals surface area contributed by atoms with Crippen molar-refractivity contribution in [3.05, 3.63) is 78.4 Å². The molecule has 3 N–H and O–H groups in total. The van der Waals surface area contributed by atoms with Crippen LogP contribution < -0.4 is 25.4 Å². The number of hydrogen-bond donors (Lipinski definition) is 3. The molecular formula is C41H53BN3O6. The molecule has 10 heteroatoms. The second-order valence-electron chi connectivity index (χ2n) is 15.7. The summed E-state index contributed by atoms with van der Waals surface area (Å²) in [5.41, 5.74) is 2.83. The molecule has 3 saturated carbocycles. The number of rotatable bonds is 14. The van der Waals surface area contributed by atoms with E-state index in [4.69, 9.17) is 18.8 Å². The number of nitrogens with one attached hydrogen (secondary N) is 3. The van der Waals surface area contributed by atoms with E-state index >= 15 is 0 Å². The molecule has 7 atom stereocenters. The van der Waals surface area contributed by atoms with E-state index < -0.39 is 17.7 Å². The van der Waals surface area contributed by atoms with Gasteiger partial charge in [-0.1, -0.05) is 76.2 Å². The molecule has 7 rings (SSSR count). The Morgan fingerprint density at radius 1 is 0.882 bits per heavy atom. The van der Waals surface area contributed by atoms with E-state index in [1.807, 2.05) is 60.7 Å². The standard InChI is InChI=1S/C41H53BN3O6/c1-25(2)19-35(41-24-30(39(41,4)5)23-36-40(41,6)51-42-50-36)45-37(46)26(3)43-38(47)32(20-27-17-18-33(48-7)34(21-27)49-8)44-31-16-12-15-29(22-31)28-13-10-9-11-14-28/h9-18,21-22,25-26,30,32,35-36,44H,19-20,23-24H2,1-8H3,(H,43,47)(H,45,46)/t26-,30+,32-,35+,36+,40+,41+/m0/s1. The Hall–Kier alpha value is -4.02. The lowest BCUT2D eigenvalue weighted by Crippen LogP contribution is -2.79. The van der Waals surface area contributed by atoms with Gasteiger partial charge in [-0.05, 0) is 91.3 Å².